The minimum Gasteiger partial charge on any atom is -0.351 e. The average molecular weight is 415 g/mol. The Morgan fingerprint density at radius 1 is 1.28 bits per heavy atom. The molecule has 0 radical (unpaired) electrons. The highest BCUT2D eigenvalue weighted by atomic mass is 32.1. The second-order valence-electron chi connectivity index (χ2n) is 8.87. The van der Waals surface area contributed by atoms with Crippen molar-refractivity contribution in [1.82, 2.24) is 15.0 Å². The summed E-state index contributed by atoms with van der Waals surface area (Å²) in [5.74, 6) is 1.54. The van der Waals surface area contributed by atoms with E-state index >= 15 is 0 Å². The van der Waals surface area contributed by atoms with Crippen molar-refractivity contribution in [2.75, 3.05) is 28.7 Å². The lowest BCUT2D eigenvalue weighted by Gasteiger charge is -2.34. The maximum Gasteiger partial charge on any atom is 0.234 e. The molecule has 1 unspecified atom stereocenters. The van der Waals surface area contributed by atoms with Crippen molar-refractivity contribution in [2.24, 2.45) is 5.41 Å². The highest BCUT2D eigenvalue weighted by Crippen LogP contribution is 2.40. The summed E-state index contributed by atoms with van der Waals surface area (Å²) in [4.78, 5) is 31.1. The van der Waals surface area contributed by atoms with E-state index in [1.54, 1.807) is 22.4 Å². The molecule has 0 saturated heterocycles. The molecule has 2 aliphatic rings. The number of nitrogens with one attached hydrogen (secondary N) is 1. The summed E-state index contributed by atoms with van der Waals surface area (Å²) < 4.78 is 0. The molecule has 1 amide bonds. The summed E-state index contributed by atoms with van der Waals surface area (Å²) in [6.45, 7) is 8.80. The lowest BCUT2D eigenvalue weighted by Crippen LogP contribution is -2.45. The van der Waals surface area contributed by atoms with Crippen LogP contribution in [0.15, 0.2) is 11.6 Å². The Morgan fingerprint density at radius 3 is 2.66 bits per heavy atom. The number of hydrogen-bond donors (Lipinski definition) is 1. The van der Waals surface area contributed by atoms with Crippen LogP contribution < -0.4 is 15.1 Å². The zero-order valence-electron chi connectivity index (χ0n) is 17.9. The third-order valence-electron chi connectivity index (χ3n) is 6.02. The van der Waals surface area contributed by atoms with E-state index in [2.05, 4.69) is 32.5 Å². The van der Waals surface area contributed by atoms with E-state index in [0.717, 1.165) is 35.0 Å². The smallest absolute Gasteiger partial charge is 0.234 e. The number of fused-ring (bicyclic) bond motifs is 1. The van der Waals surface area contributed by atoms with Gasteiger partial charge in [0.1, 0.15) is 5.69 Å². The Labute approximate surface area is 176 Å². The quantitative estimate of drug-likeness (QED) is 0.809. The Balaban J connectivity index is 1.70. The number of rotatable bonds is 4. The topological polar surface area (TPSA) is 74.2 Å². The molecule has 2 aromatic heterocycles. The van der Waals surface area contributed by atoms with Crippen LogP contribution in [0.25, 0.3) is 0 Å². The average Bonchev–Trinajstić information content (AvgIpc) is 3.35. The molecule has 1 saturated carbocycles. The predicted molar refractivity (Wildman–Crippen MR) is 118 cm³/mol. The first kappa shape index (κ1) is 20.1. The molecule has 0 bridgehead atoms. The van der Waals surface area contributed by atoms with Crippen molar-refractivity contribution >= 4 is 34.7 Å². The maximum absolute atomic E-state index is 13.1. The van der Waals surface area contributed by atoms with E-state index in [4.69, 9.17) is 4.98 Å². The van der Waals surface area contributed by atoms with E-state index in [9.17, 15) is 4.79 Å². The largest absolute Gasteiger partial charge is 0.351 e. The van der Waals surface area contributed by atoms with E-state index in [1.165, 1.54) is 12.8 Å². The van der Waals surface area contributed by atoms with Crippen molar-refractivity contribution < 1.29 is 4.79 Å². The van der Waals surface area contributed by atoms with Gasteiger partial charge in [0, 0.05) is 25.0 Å². The van der Waals surface area contributed by atoms with Gasteiger partial charge in [-0.1, -0.05) is 12.8 Å². The van der Waals surface area contributed by atoms with Gasteiger partial charge in [0.05, 0.1) is 28.4 Å². The molecule has 2 aromatic rings. The predicted octanol–water partition coefficient (Wildman–Crippen LogP) is 4.17. The zero-order chi connectivity index (χ0) is 20.8. The number of aromatic nitrogens is 3. The van der Waals surface area contributed by atoms with Crippen LogP contribution in [0, 0.1) is 12.3 Å². The van der Waals surface area contributed by atoms with Crippen LogP contribution in [-0.4, -0.2) is 40.5 Å². The van der Waals surface area contributed by atoms with Crippen molar-refractivity contribution in [1.29, 1.82) is 0 Å². The Morgan fingerprint density at radius 2 is 2.00 bits per heavy atom. The molecule has 0 aromatic carbocycles. The Bertz CT molecular complexity index is 904. The highest BCUT2D eigenvalue weighted by Gasteiger charge is 2.41. The lowest BCUT2D eigenvalue weighted by atomic mass is 9.91. The van der Waals surface area contributed by atoms with Crippen molar-refractivity contribution in [3.05, 3.63) is 22.3 Å². The first-order chi connectivity index (χ1) is 13.8. The van der Waals surface area contributed by atoms with E-state index in [1.807, 2.05) is 27.8 Å². The van der Waals surface area contributed by atoms with Gasteiger partial charge >= 0.3 is 0 Å². The second kappa shape index (κ2) is 7.55. The maximum atomic E-state index is 13.1. The molecule has 4 rings (SSSR count). The van der Waals surface area contributed by atoms with Gasteiger partial charge in [-0.25, -0.2) is 9.97 Å². The minimum absolute atomic E-state index is 0.0134. The fourth-order valence-electron chi connectivity index (χ4n) is 4.38. The lowest BCUT2D eigenvalue weighted by molar-refractivity contribution is -0.125. The molecule has 156 valence electrons. The van der Waals surface area contributed by atoms with Gasteiger partial charge in [-0.2, -0.15) is 4.98 Å². The van der Waals surface area contributed by atoms with Gasteiger partial charge < -0.3 is 15.1 Å². The molecule has 8 heteroatoms. The van der Waals surface area contributed by atoms with Crippen molar-refractivity contribution in [3.8, 4) is 0 Å². The molecule has 1 atom stereocenters. The zero-order valence-corrected chi connectivity index (χ0v) is 18.7. The molecule has 0 spiro atoms. The summed E-state index contributed by atoms with van der Waals surface area (Å²) in [6.07, 6.45) is 6.54. The van der Waals surface area contributed by atoms with Crippen molar-refractivity contribution in [2.45, 2.75) is 65.5 Å². The molecular formula is C21H30N6OS. The van der Waals surface area contributed by atoms with Gasteiger partial charge in [0.2, 0.25) is 11.9 Å². The van der Waals surface area contributed by atoms with Crippen LogP contribution in [0.5, 0.6) is 0 Å². The van der Waals surface area contributed by atoms with Gasteiger partial charge in [-0.15, -0.1) is 11.3 Å². The summed E-state index contributed by atoms with van der Waals surface area (Å²) in [7, 11) is 1.83. The number of carbonyl (C=O) groups is 1. The third kappa shape index (κ3) is 3.82. The van der Waals surface area contributed by atoms with Crippen LogP contribution in [0.1, 0.15) is 63.2 Å². The van der Waals surface area contributed by atoms with Crippen LogP contribution in [-0.2, 0) is 4.79 Å². The highest BCUT2D eigenvalue weighted by molar-refractivity contribution is 7.09. The Kier molecular flexibility index (Phi) is 5.23. The molecule has 1 aliphatic carbocycles. The van der Waals surface area contributed by atoms with Crippen LogP contribution in [0.2, 0.25) is 0 Å². The number of thiazole rings is 1. The van der Waals surface area contributed by atoms with E-state index in [-0.39, 0.29) is 11.9 Å². The van der Waals surface area contributed by atoms with Crippen molar-refractivity contribution in [3.63, 3.8) is 0 Å². The van der Waals surface area contributed by atoms with Crippen LogP contribution in [0.4, 0.5) is 17.5 Å². The molecule has 29 heavy (non-hydrogen) atoms. The van der Waals surface area contributed by atoms with Crippen LogP contribution in [0.3, 0.4) is 0 Å². The van der Waals surface area contributed by atoms with Gasteiger partial charge in [0.25, 0.3) is 0 Å². The van der Waals surface area contributed by atoms with Crippen LogP contribution >= 0.6 is 11.3 Å². The normalized spacial score (nSPS) is 20.5. The number of carbonyl (C=O) groups excluding carboxylic acids is 1. The van der Waals surface area contributed by atoms with E-state index in [0.29, 0.717) is 18.5 Å². The van der Waals surface area contributed by atoms with Gasteiger partial charge in [0.15, 0.2) is 5.82 Å². The molecule has 1 aliphatic heterocycles. The Hall–Kier alpha value is -2.22. The number of nitrogens with zero attached hydrogens (tertiary/aromatic N) is 5. The fraction of sp³-hybridized carbons (Fsp3) is 0.619. The van der Waals surface area contributed by atoms with Gasteiger partial charge in [-0.3, -0.25) is 4.79 Å². The first-order valence-corrected chi connectivity index (χ1v) is 11.2. The monoisotopic (exact) mass is 414 g/mol. The third-order valence-corrected chi connectivity index (χ3v) is 6.82. The van der Waals surface area contributed by atoms with Gasteiger partial charge in [-0.05, 0) is 40.5 Å². The summed E-state index contributed by atoms with van der Waals surface area (Å²) in [5, 5.41) is 6.50. The minimum atomic E-state index is -0.475. The molecule has 1 N–H and O–H groups in total. The summed E-state index contributed by atoms with van der Waals surface area (Å²) in [6, 6.07) is 0.438. The number of amides is 1. The summed E-state index contributed by atoms with van der Waals surface area (Å²) >= 11 is 1.64. The number of anilines is 3. The fourth-order valence-corrected chi connectivity index (χ4v) is 5.09. The molecule has 7 nitrogen and oxygen atoms in total. The number of hydrogen-bond acceptors (Lipinski definition) is 7. The second-order valence-corrected chi connectivity index (χ2v) is 9.94. The summed E-state index contributed by atoms with van der Waals surface area (Å²) in [5.41, 5.74) is 1.30. The molecular weight excluding hydrogens is 384 g/mol. The standard InChI is InChI=1S/C21H30N6OS/c1-13(16-11-29-14(2)24-16)23-20-22-10-17-18(25-20)27(15-8-6-7-9-15)12-21(3,4)19(28)26(17)5/h10-11,13,15H,6-9,12H2,1-5H3,(H,22,23,25). The molecule has 1 fully saturated rings. The first-order valence-electron chi connectivity index (χ1n) is 10.4. The SMILES string of the molecule is Cc1nc(C(C)Nc2ncc3c(n2)N(C2CCCC2)CC(C)(C)C(=O)N3C)cs1. The number of aryl methyl sites for hydroxylation is 1. The molecule has 3 heterocycles. The van der Waals surface area contributed by atoms with E-state index < -0.39 is 5.41 Å².